The molecule has 24 heavy (non-hydrogen) atoms. The number of carboxylic acids is 1. The van der Waals surface area contributed by atoms with Gasteiger partial charge in [0.15, 0.2) is 0 Å². The van der Waals surface area contributed by atoms with Crippen LogP contribution < -0.4 is 11.9 Å². The molecule has 0 saturated heterocycles. The Balaban J connectivity index is -0.000000133. The molecule has 0 bridgehead atoms. The predicted molar refractivity (Wildman–Crippen MR) is 98.6 cm³/mol. The molecule has 0 aromatic rings. The second kappa shape index (κ2) is 14.5. The Kier molecular flexibility index (Phi) is 18.6. The van der Waals surface area contributed by atoms with Crippen LogP contribution in [0.1, 0.15) is 55.4 Å². The summed E-state index contributed by atoms with van der Waals surface area (Å²) in [6.45, 7) is 14.8. The number of alkyl halides is 1. The summed E-state index contributed by atoms with van der Waals surface area (Å²) in [5.41, 5.74) is 4.00. The van der Waals surface area contributed by atoms with Gasteiger partial charge in [0.25, 0.3) is 0 Å². The van der Waals surface area contributed by atoms with Crippen LogP contribution in [-0.2, 0) is 14.3 Å². The summed E-state index contributed by atoms with van der Waals surface area (Å²) in [4.78, 5) is 20.0. The van der Waals surface area contributed by atoms with Crippen molar-refractivity contribution in [1.29, 1.82) is 0 Å². The molecule has 0 atom stereocenters. The summed E-state index contributed by atoms with van der Waals surface area (Å²) in [6.07, 6.45) is 0. The molecule has 0 radical (unpaired) electrons. The Morgan fingerprint density at radius 1 is 1.08 bits per heavy atom. The van der Waals surface area contributed by atoms with Gasteiger partial charge in [-0.2, -0.15) is 0 Å². The van der Waals surface area contributed by atoms with E-state index in [2.05, 4.69) is 0 Å². The van der Waals surface area contributed by atoms with E-state index in [0.29, 0.717) is 25.0 Å². The molecule has 0 unspecified atom stereocenters. The fraction of sp³-hybridized carbons (Fsp3) is 0.875. The Labute approximate surface area is 151 Å². The number of nitrogens with two attached hydrogens (primary N) is 1. The van der Waals surface area contributed by atoms with E-state index in [0.717, 1.165) is 0 Å². The molecular formula is C16H37ClN2O5. The highest BCUT2D eigenvalue weighted by Crippen LogP contribution is 2.14. The fourth-order valence-corrected chi connectivity index (χ4v) is 0.469. The van der Waals surface area contributed by atoms with Crippen molar-refractivity contribution in [2.24, 2.45) is 17.6 Å². The number of esters is 1. The number of aliphatic hydroxyl groups excluding tert-OH is 1. The van der Waals surface area contributed by atoms with Crippen molar-refractivity contribution in [3.8, 4) is 0 Å². The normalized spacial score (nSPS) is 10.7. The van der Waals surface area contributed by atoms with Gasteiger partial charge < -0.3 is 26.8 Å². The third-order valence-corrected chi connectivity index (χ3v) is 2.10. The Bertz CT molecular complexity index is 334. The van der Waals surface area contributed by atoms with Crippen molar-refractivity contribution < 1.29 is 24.5 Å². The topological polar surface area (TPSA) is 145 Å². The van der Waals surface area contributed by atoms with Crippen molar-refractivity contribution in [2.75, 3.05) is 13.2 Å². The quantitative estimate of drug-likeness (QED) is 0.428. The van der Waals surface area contributed by atoms with E-state index in [1.54, 1.807) is 13.8 Å². The van der Waals surface area contributed by atoms with E-state index >= 15 is 0 Å². The summed E-state index contributed by atoms with van der Waals surface area (Å²) >= 11 is 5.69. The Hall–Kier alpha value is -0.890. The predicted octanol–water partition coefficient (Wildman–Crippen LogP) is 2.81. The third kappa shape index (κ3) is 26.0. The number of carboxylic acid groups (broad SMARTS) is 1. The number of aliphatic hydroxyl groups is 1. The molecule has 0 amide bonds. The van der Waals surface area contributed by atoms with Crippen LogP contribution in [0.25, 0.3) is 0 Å². The molecule has 0 aromatic carbocycles. The molecule has 0 saturated carbocycles. The van der Waals surface area contributed by atoms with Gasteiger partial charge in [-0.05, 0) is 39.5 Å². The number of hydrogen-bond acceptors (Lipinski definition) is 6. The molecule has 0 heterocycles. The second-order valence-electron chi connectivity index (χ2n) is 7.07. The molecule has 0 aliphatic heterocycles. The fourth-order valence-electron chi connectivity index (χ4n) is 0.414. The average molecular weight is 373 g/mol. The van der Waals surface area contributed by atoms with Crippen molar-refractivity contribution in [2.45, 2.75) is 65.8 Å². The molecule has 0 aromatic heterocycles. The molecule has 8 heteroatoms. The van der Waals surface area contributed by atoms with Crippen LogP contribution in [0.2, 0.25) is 0 Å². The first-order valence-corrected chi connectivity index (χ1v) is 7.92. The number of rotatable bonds is 5. The lowest BCUT2D eigenvalue weighted by Gasteiger charge is -2.15. The first-order valence-electron chi connectivity index (χ1n) is 7.54. The van der Waals surface area contributed by atoms with Crippen molar-refractivity contribution >= 4 is 23.5 Å². The van der Waals surface area contributed by atoms with Crippen LogP contribution in [0, 0.1) is 11.8 Å². The first kappa shape index (κ1) is 30.9. The van der Waals surface area contributed by atoms with Gasteiger partial charge >= 0.3 is 11.9 Å². The summed E-state index contributed by atoms with van der Waals surface area (Å²) < 4.78 is 4.90. The highest BCUT2D eigenvalue weighted by molar-refractivity contribution is 6.33. The number of carbonyl (C=O) groups is 2. The minimum Gasteiger partial charge on any atom is -0.480 e. The van der Waals surface area contributed by atoms with E-state index in [1.807, 2.05) is 27.7 Å². The lowest BCUT2D eigenvalue weighted by molar-refractivity contribution is -0.147. The lowest BCUT2D eigenvalue weighted by atomic mass is 10.1. The smallest absolute Gasteiger partial charge is 0.326 e. The van der Waals surface area contributed by atoms with Gasteiger partial charge in [-0.1, -0.05) is 27.7 Å². The van der Waals surface area contributed by atoms with Crippen LogP contribution in [0.5, 0.6) is 0 Å². The minimum atomic E-state index is -1.08. The van der Waals surface area contributed by atoms with E-state index in [4.69, 9.17) is 32.3 Å². The molecule has 0 aliphatic rings. The monoisotopic (exact) mass is 372 g/mol. The molecule has 7 nitrogen and oxygen atoms in total. The molecule has 7 N–H and O–H groups in total. The van der Waals surface area contributed by atoms with Gasteiger partial charge in [0.05, 0.1) is 6.61 Å². The second-order valence-corrected chi connectivity index (χ2v) is 8.01. The van der Waals surface area contributed by atoms with Crippen molar-refractivity contribution in [3.63, 3.8) is 0 Å². The van der Waals surface area contributed by atoms with Gasteiger partial charge in [-0.15, -0.1) is 11.6 Å². The zero-order chi connectivity index (χ0) is 19.4. The number of ether oxygens (including phenoxy) is 1. The van der Waals surface area contributed by atoms with E-state index in [1.165, 1.54) is 13.8 Å². The largest absolute Gasteiger partial charge is 0.480 e. The Morgan fingerprint density at radius 2 is 1.38 bits per heavy atom. The summed E-state index contributed by atoms with van der Waals surface area (Å²) in [6, 6.07) is 0. The Morgan fingerprint density at radius 3 is 1.50 bits per heavy atom. The number of hydrogen-bond donors (Lipinski definition) is 4. The maximum Gasteiger partial charge on any atom is 0.326 e. The molecule has 0 fully saturated rings. The molecule has 0 spiro atoms. The summed E-state index contributed by atoms with van der Waals surface area (Å²) in [5, 5.41) is 16.3. The third-order valence-electron chi connectivity index (χ3n) is 1.95. The summed E-state index contributed by atoms with van der Waals surface area (Å²) in [7, 11) is 0. The van der Waals surface area contributed by atoms with E-state index in [-0.39, 0.29) is 12.1 Å². The molecule has 0 aliphatic carbocycles. The van der Waals surface area contributed by atoms with Gasteiger partial charge in [-0.3, -0.25) is 9.59 Å². The van der Waals surface area contributed by atoms with Crippen LogP contribution in [0.3, 0.4) is 0 Å². The van der Waals surface area contributed by atoms with Crippen LogP contribution in [-0.4, -0.2) is 45.8 Å². The van der Waals surface area contributed by atoms with Crippen molar-refractivity contribution in [3.05, 3.63) is 0 Å². The number of carbonyl (C=O) groups excluding carboxylic acids is 1. The number of aliphatic carboxylic acids is 1. The van der Waals surface area contributed by atoms with E-state index < -0.39 is 16.4 Å². The highest BCUT2D eigenvalue weighted by atomic mass is 35.5. The van der Waals surface area contributed by atoms with Gasteiger partial charge in [0.2, 0.25) is 0 Å². The molecule has 0 rings (SSSR count). The van der Waals surface area contributed by atoms with Crippen LogP contribution in [0.4, 0.5) is 0 Å². The maximum absolute atomic E-state index is 11.0. The van der Waals surface area contributed by atoms with Crippen LogP contribution in [0.15, 0.2) is 0 Å². The molecule has 148 valence electrons. The average Bonchev–Trinajstić information content (AvgIpc) is 2.34. The number of halogens is 1. The van der Waals surface area contributed by atoms with Crippen LogP contribution >= 0.6 is 11.6 Å². The SMILES string of the molecule is CC(C)(N)C(=O)O.CC(C)CO.CC(C)COC(=O)C(C)(C)Cl.N. The highest BCUT2D eigenvalue weighted by Gasteiger charge is 2.25. The van der Waals surface area contributed by atoms with Gasteiger partial charge in [0.1, 0.15) is 10.4 Å². The van der Waals surface area contributed by atoms with Crippen molar-refractivity contribution in [1.82, 2.24) is 6.15 Å². The standard InChI is InChI=1S/C8H15ClO2.C4H9NO2.C4H10O.H3N/c1-6(2)5-11-7(10)8(3,4)9;1-4(2,5)3(6)7;1-4(2)3-5;/h6H,5H2,1-4H3;5H2,1-2H3,(H,6,7);4-5H,3H2,1-2H3;1H3. The van der Waals surface area contributed by atoms with Gasteiger partial charge in [0, 0.05) is 6.61 Å². The zero-order valence-electron chi connectivity index (χ0n) is 16.4. The first-order chi connectivity index (χ1) is 10.1. The minimum absolute atomic E-state index is 0. The summed E-state index contributed by atoms with van der Waals surface area (Å²) in [5.74, 6) is -0.534. The van der Waals surface area contributed by atoms with Gasteiger partial charge in [-0.25, -0.2) is 0 Å². The maximum atomic E-state index is 11.0. The van der Waals surface area contributed by atoms with E-state index in [9.17, 15) is 9.59 Å². The molecular weight excluding hydrogens is 336 g/mol. The zero-order valence-corrected chi connectivity index (χ0v) is 17.1. The lowest BCUT2D eigenvalue weighted by Crippen LogP contribution is -2.41.